The third-order valence-electron chi connectivity index (χ3n) is 6.95. The topological polar surface area (TPSA) is 38.8 Å². The lowest BCUT2D eigenvalue weighted by Gasteiger charge is -2.35. The van der Waals surface area contributed by atoms with Gasteiger partial charge in [-0.2, -0.15) is 0 Å². The highest BCUT2D eigenvalue weighted by Gasteiger charge is 2.33. The third-order valence-corrected chi connectivity index (χ3v) is 6.95. The lowest BCUT2D eigenvalue weighted by molar-refractivity contribution is -0.119. The minimum atomic E-state index is -0.0453. The predicted octanol–water partition coefficient (Wildman–Crippen LogP) is 7.01. The van der Waals surface area contributed by atoms with E-state index in [1.165, 1.54) is 21.9 Å². The number of amides is 1. The molecule has 0 bridgehead atoms. The summed E-state index contributed by atoms with van der Waals surface area (Å²) in [6.45, 7) is 5.40. The molecule has 0 saturated carbocycles. The van der Waals surface area contributed by atoms with Crippen LogP contribution in [0.25, 0.3) is 10.8 Å². The van der Waals surface area contributed by atoms with Crippen molar-refractivity contribution in [3.8, 4) is 11.5 Å². The molecule has 0 spiro atoms. The van der Waals surface area contributed by atoms with Gasteiger partial charge in [-0.05, 0) is 64.6 Å². The van der Waals surface area contributed by atoms with Crippen molar-refractivity contribution in [2.45, 2.75) is 39.2 Å². The molecule has 0 radical (unpaired) electrons. The molecule has 1 heterocycles. The second kappa shape index (κ2) is 9.83. The summed E-state index contributed by atoms with van der Waals surface area (Å²) in [6, 6.07) is 27.0. The van der Waals surface area contributed by atoms with Crippen LogP contribution in [-0.4, -0.2) is 19.6 Å². The first-order chi connectivity index (χ1) is 17.1. The molecule has 1 unspecified atom stereocenters. The summed E-state index contributed by atoms with van der Waals surface area (Å²) in [5, 5.41) is 2.38. The van der Waals surface area contributed by atoms with Gasteiger partial charge in [0.2, 0.25) is 5.91 Å². The Morgan fingerprint density at radius 3 is 2.54 bits per heavy atom. The number of rotatable bonds is 7. The third kappa shape index (κ3) is 4.37. The van der Waals surface area contributed by atoms with Gasteiger partial charge in [0.15, 0.2) is 11.5 Å². The molecule has 5 rings (SSSR count). The lowest BCUT2D eigenvalue weighted by atomic mass is 9.81. The number of methoxy groups -OCH3 is 1. The summed E-state index contributed by atoms with van der Waals surface area (Å²) in [7, 11) is 1.66. The summed E-state index contributed by atoms with van der Waals surface area (Å²) >= 11 is 0. The van der Waals surface area contributed by atoms with Gasteiger partial charge in [0.25, 0.3) is 0 Å². The van der Waals surface area contributed by atoms with Crippen LogP contribution in [0.4, 0.5) is 5.69 Å². The molecule has 4 aromatic carbocycles. The van der Waals surface area contributed by atoms with E-state index in [9.17, 15) is 4.79 Å². The van der Waals surface area contributed by atoms with Crippen LogP contribution in [0, 0.1) is 6.92 Å². The van der Waals surface area contributed by atoms with Crippen molar-refractivity contribution in [3.05, 3.63) is 101 Å². The van der Waals surface area contributed by atoms with Crippen LogP contribution in [0.5, 0.6) is 11.5 Å². The highest BCUT2D eigenvalue weighted by molar-refractivity contribution is 6.03. The van der Waals surface area contributed by atoms with E-state index in [1.54, 1.807) is 7.11 Å². The van der Waals surface area contributed by atoms with Gasteiger partial charge in [-0.3, -0.25) is 4.79 Å². The van der Waals surface area contributed by atoms with E-state index in [4.69, 9.17) is 9.47 Å². The van der Waals surface area contributed by atoms with Crippen LogP contribution in [0.1, 0.15) is 47.9 Å². The standard InChI is InChI=1S/C31H31NO3/c1-4-17-32-27-15-13-22-10-7-8-12-25(22)31(27)26(19-30(32)33)23-14-16-28(29(18-23)34-3)35-20-24-11-6-5-9-21(24)2/h5-16,18,26H,4,17,19-20H2,1-3H3. The van der Waals surface area contributed by atoms with Crippen molar-refractivity contribution in [3.63, 3.8) is 0 Å². The zero-order valence-corrected chi connectivity index (χ0v) is 20.6. The van der Waals surface area contributed by atoms with E-state index in [0.717, 1.165) is 29.8 Å². The number of ether oxygens (including phenoxy) is 2. The molecule has 1 aliphatic heterocycles. The molecule has 0 fully saturated rings. The molecule has 1 aliphatic rings. The Morgan fingerprint density at radius 1 is 0.943 bits per heavy atom. The first kappa shape index (κ1) is 23.0. The zero-order valence-electron chi connectivity index (χ0n) is 20.6. The Hall–Kier alpha value is -3.79. The Balaban J connectivity index is 1.54. The van der Waals surface area contributed by atoms with E-state index >= 15 is 0 Å². The van der Waals surface area contributed by atoms with Crippen LogP contribution in [0.3, 0.4) is 0 Å². The van der Waals surface area contributed by atoms with Gasteiger partial charge in [-0.1, -0.05) is 67.6 Å². The molecule has 0 saturated heterocycles. The number of benzene rings is 4. The Morgan fingerprint density at radius 2 is 1.74 bits per heavy atom. The fraction of sp³-hybridized carbons (Fsp3) is 0.258. The summed E-state index contributed by atoms with van der Waals surface area (Å²) < 4.78 is 11.9. The second-order valence-corrected chi connectivity index (χ2v) is 9.15. The number of fused-ring (bicyclic) bond motifs is 3. The van der Waals surface area contributed by atoms with Crippen molar-refractivity contribution in [2.24, 2.45) is 0 Å². The molecule has 0 aliphatic carbocycles. The fourth-order valence-electron chi connectivity index (χ4n) is 5.11. The second-order valence-electron chi connectivity index (χ2n) is 9.15. The maximum absolute atomic E-state index is 13.2. The largest absolute Gasteiger partial charge is 0.493 e. The average Bonchev–Trinajstić information content (AvgIpc) is 2.89. The number of nitrogens with zero attached hydrogens (tertiary/aromatic N) is 1. The van der Waals surface area contributed by atoms with Crippen LogP contribution >= 0.6 is 0 Å². The summed E-state index contributed by atoms with van der Waals surface area (Å²) in [4.78, 5) is 15.2. The van der Waals surface area contributed by atoms with Crippen LogP contribution in [0.2, 0.25) is 0 Å². The maximum Gasteiger partial charge on any atom is 0.227 e. The van der Waals surface area contributed by atoms with Gasteiger partial charge < -0.3 is 14.4 Å². The van der Waals surface area contributed by atoms with Crippen molar-refractivity contribution in [2.75, 3.05) is 18.6 Å². The Bertz CT molecular complexity index is 1380. The van der Waals surface area contributed by atoms with Crippen molar-refractivity contribution >= 4 is 22.4 Å². The molecular formula is C31H31NO3. The average molecular weight is 466 g/mol. The van der Waals surface area contributed by atoms with E-state index in [1.807, 2.05) is 29.2 Å². The minimum Gasteiger partial charge on any atom is -0.493 e. The van der Waals surface area contributed by atoms with E-state index < -0.39 is 0 Å². The molecule has 0 N–H and O–H groups in total. The summed E-state index contributed by atoms with van der Waals surface area (Å²) in [6.07, 6.45) is 1.36. The van der Waals surface area contributed by atoms with Crippen molar-refractivity contribution in [1.29, 1.82) is 0 Å². The number of anilines is 1. The molecule has 0 aromatic heterocycles. The molecule has 1 amide bonds. The Labute approximate surface area is 207 Å². The first-order valence-electron chi connectivity index (χ1n) is 12.3. The minimum absolute atomic E-state index is 0.0453. The predicted molar refractivity (Wildman–Crippen MR) is 142 cm³/mol. The van der Waals surface area contributed by atoms with Gasteiger partial charge in [0, 0.05) is 24.6 Å². The maximum atomic E-state index is 13.2. The normalized spacial score (nSPS) is 15.2. The number of carbonyl (C=O) groups is 1. The van der Waals surface area contributed by atoms with Gasteiger partial charge in [-0.15, -0.1) is 0 Å². The van der Waals surface area contributed by atoms with Crippen LogP contribution < -0.4 is 14.4 Å². The van der Waals surface area contributed by atoms with Crippen molar-refractivity contribution in [1.82, 2.24) is 0 Å². The molecule has 35 heavy (non-hydrogen) atoms. The molecule has 1 atom stereocenters. The lowest BCUT2D eigenvalue weighted by Crippen LogP contribution is -2.37. The highest BCUT2D eigenvalue weighted by atomic mass is 16.5. The number of aryl methyl sites for hydroxylation is 1. The van der Waals surface area contributed by atoms with Gasteiger partial charge >= 0.3 is 0 Å². The van der Waals surface area contributed by atoms with Crippen molar-refractivity contribution < 1.29 is 14.3 Å². The van der Waals surface area contributed by atoms with E-state index in [0.29, 0.717) is 24.5 Å². The molecular weight excluding hydrogens is 434 g/mol. The fourth-order valence-corrected chi connectivity index (χ4v) is 5.11. The van der Waals surface area contributed by atoms with E-state index in [-0.39, 0.29) is 11.8 Å². The highest BCUT2D eigenvalue weighted by Crippen LogP contribution is 2.45. The quantitative estimate of drug-likeness (QED) is 0.295. The monoisotopic (exact) mass is 465 g/mol. The van der Waals surface area contributed by atoms with Crippen LogP contribution in [-0.2, 0) is 11.4 Å². The molecule has 4 aromatic rings. The van der Waals surface area contributed by atoms with E-state index in [2.05, 4.69) is 68.4 Å². The number of carbonyl (C=O) groups excluding carboxylic acids is 1. The van der Waals surface area contributed by atoms with Gasteiger partial charge in [-0.25, -0.2) is 0 Å². The van der Waals surface area contributed by atoms with Gasteiger partial charge in [0.05, 0.1) is 7.11 Å². The molecule has 4 nitrogen and oxygen atoms in total. The zero-order chi connectivity index (χ0) is 24.4. The first-order valence-corrected chi connectivity index (χ1v) is 12.3. The number of hydrogen-bond donors (Lipinski definition) is 0. The number of hydrogen-bond acceptors (Lipinski definition) is 3. The molecule has 4 heteroatoms. The summed E-state index contributed by atoms with van der Waals surface area (Å²) in [5.74, 6) is 1.50. The van der Waals surface area contributed by atoms with Gasteiger partial charge in [0.1, 0.15) is 6.61 Å². The van der Waals surface area contributed by atoms with Crippen LogP contribution in [0.15, 0.2) is 78.9 Å². The SMILES string of the molecule is CCCN1C(=O)CC(c2ccc(OCc3ccccc3C)c(OC)c2)c2c1ccc1ccccc21. The smallest absolute Gasteiger partial charge is 0.227 e. The molecule has 178 valence electrons. The Kier molecular flexibility index (Phi) is 6.45. The summed E-state index contributed by atoms with van der Waals surface area (Å²) in [5.41, 5.74) is 5.64.